The molecule has 29 heavy (non-hydrogen) atoms. The molecular weight excluding hydrogens is 378 g/mol. The number of carbonyl (C=O) groups excluding carboxylic acids is 1. The van der Waals surface area contributed by atoms with E-state index in [2.05, 4.69) is 45.6 Å². The molecular formula is C24H21N3OS. The van der Waals surface area contributed by atoms with Gasteiger partial charge in [0.25, 0.3) is 0 Å². The van der Waals surface area contributed by atoms with E-state index >= 15 is 0 Å². The number of aromatic amines is 1. The van der Waals surface area contributed by atoms with Gasteiger partial charge in [-0.05, 0) is 47.9 Å². The largest absolute Gasteiger partial charge is 0.333 e. The van der Waals surface area contributed by atoms with Crippen molar-refractivity contribution in [3.63, 3.8) is 0 Å². The lowest BCUT2D eigenvalue weighted by Gasteiger charge is -2.04. The van der Waals surface area contributed by atoms with E-state index in [0.29, 0.717) is 5.75 Å². The van der Waals surface area contributed by atoms with Crippen molar-refractivity contribution < 1.29 is 4.79 Å². The second kappa shape index (κ2) is 8.80. The molecule has 4 rings (SSSR count). The highest BCUT2D eigenvalue weighted by Gasteiger charge is 2.07. The van der Waals surface area contributed by atoms with Crippen molar-refractivity contribution >= 4 is 46.5 Å². The van der Waals surface area contributed by atoms with Crippen LogP contribution in [0.3, 0.4) is 0 Å². The molecule has 0 spiro atoms. The van der Waals surface area contributed by atoms with Gasteiger partial charge in [0.1, 0.15) is 0 Å². The fraction of sp³-hybridized carbons (Fsp3) is 0.0833. The molecule has 0 unspecified atom stereocenters. The average Bonchev–Trinajstić information content (AvgIpc) is 3.14. The second-order valence-electron chi connectivity index (χ2n) is 6.77. The number of anilines is 1. The van der Waals surface area contributed by atoms with Crippen molar-refractivity contribution in [2.75, 3.05) is 11.1 Å². The first-order valence-electron chi connectivity index (χ1n) is 9.38. The SMILES string of the molecule is Cc1ccc2nc(SCC(=O)Nc3ccc(/C=C/c4ccccc4)cc3)[nH]c2c1. The summed E-state index contributed by atoms with van der Waals surface area (Å²) in [6.45, 7) is 2.04. The number of hydrogen-bond donors (Lipinski definition) is 2. The first-order valence-corrected chi connectivity index (χ1v) is 10.4. The molecule has 0 fully saturated rings. The molecule has 0 radical (unpaired) electrons. The first-order chi connectivity index (χ1) is 14.2. The van der Waals surface area contributed by atoms with E-state index in [1.54, 1.807) is 0 Å². The van der Waals surface area contributed by atoms with Crippen molar-refractivity contribution in [2.24, 2.45) is 0 Å². The Kier molecular flexibility index (Phi) is 5.77. The molecule has 0 atom stereocenters. The Morgan fingerprint density at radius 1 is 1.00 bits per heavy atom. The van der Waals surface area contributed by atoms with Crippen molar-refractivity contribution in [1.82, 2.24) is 9.97 Å². The molecule has 5 heteroatoms. The van der Waals surface area contributed by atoms with Gasteiger partial charge in [-0.1, -0.05) is 72.4 Å². The van der Waals surface area contributed by atoms with Crippen LogP contribution in [-0.4, -0.2) is 21.6 Å². The molecule has 1 heterocycles. The Hall–Kier alpha value is -3.31. The van der Waals surface area contributed by atoms with E-state index in [9.17, 15) is 4.79 Å². The number of nitrogens with zero attached hydrogens (tertiary/aromatic N) is 1. The maximum absolute atomic E-state index is 12.3. The van der Waals surface area contributed by atoms with Gasteiger partial charge in [0.05, 0.1) is 16.8 Å². The van der Waals surface area contributed by atoms with Gasteiger partial charge in [-0.3, -0.25) is 4.79 Å². The summed E-state index contributed by atoms with van der Waals surface area (Å²) in [6, 6.07) is 24.0. The maximum Gasteiger partial charge on any atom is 0.234 e. The summed E-state index contributed by atoms with van der Waals surface area (Å²) in [5, 5.41) is 3.68. The van der Waals surface area contributed by atoms with Crippen molar-refractivity contribution in [3.05, 3.63) is 89.5 Å². The lowest BCUT2D eigenvalue weighted by Crippen LogP contribution is -2.14. The third kappa shape index (κ3) is 5.15. The summed E-state index contributed by atoms with van der Waals surface area (Å²) in [5.74, 6) is 0.244. The van der Waals surface area contributed by atoms with Crippen LogP contribution in [0.5, 0.6) is 0 Å². The lowest BCUT2D eigenvalue weighted by atomic mass is 10.1. The Morgan fingerprint density at radius 3 is 2.48 bits per heavy atom. The number of aromatic nitrogens is 2. The number of benzene rings is 3. The molecule has 4 nitrogen and oxygen atoms in total. The molecule has 4 aromatic rings. The van der Waals surface area contributed by atoms with Crippen molar-refractivity contribution in [3.8, 4) is 0 Å². The smallest absolute Gasteiger partial charge is 0.234 e. The van der Waals surface area contributed by atoms with Crippen LogP contribution in [0.2, 0.25) is 0 Å². The monoisotopic (exact) mass is 399 g/mol. The molecule has 2 N–H and O–H groups in total. The highest BCUT2D eigenvalue weighted by atomic mass is 32.2. The van der Waals surface area contributed by atoms with E-state index in [4.69, 9.17) is 0 Å². The first kappa shape index (κ1) is 19.0. The number of H-pyrrole nitrogens is 1. The van der Waals surface area contributed by atoms with E-state index in [1.165, 1.54) is 17.3 Å². The third-order valence-electron chi connectivity index (χ3n) is 4.42. The van der Waals surface area contributed by atoms with E-state index < -0.39 is 0 Å². The minimum atomic E-state index is -0.0563. The Balaban J connectivity index is 1.31. The number of carbonyl (C=O) groups is 1. The number of amides is 1. The summed E-state index contributed by atoms with van der Waals surface area (Å²) in [7, 11) is 0. The average molecular weight is 400 g/mol. The van der Waals surface area contributed by atoms with Gasteiger partial charge in [0.2, 0.25) is 5.91 Å². The Bertz CT molecular complexity index is 1150. The van der Waals surface area contributed by atoms with E-state index in [-0.39, 0.29) is 5.91 Å². The molecule has 144 valence electrons. The normalized spacial score (nSPS) is 11.2. The fourth-order valence-corrected chi connectivity index (χ4v) is 3.62. The van der Waals surface area contributed by atoms with Gasteiger partial charge >= 0.3 is 0 Å². The number of rotatable bonds is 6. The van der Waals surface area contributed by atoms with Gasteiger partial charge in [0, 0.05) is 5.69 Å². The number of fused-ring (bicyclic) bond motifs is 1. The predicted octanol–water partition coefficient (Wildman–Crippen LogP) is 5.77. The van der Waals surface area contributed by atoms with Crippen LogP contribution >= 0.6 is 11.8 Å². The van der Waals surface area contributed by atoms with Crippen LogP contribution in [0.15, 0.2) is 78.0 Å². The quantitative estimate of drug-likeness (QED) is 0.319. The highest BCUT2D eigenvalue weighted by molar-refractivity contribution is 7.99. The number of hydrogen-bond acceptors (Lipinski definition) is 3. The molecule has 0 aliphatic heterocycles. The molecule has 0 saturated carbocycles. The van der Waals surface area contributed by atoms with Crippen LogP contribution < -0.4 is 5.32 Å². The maximum atomic E-state index is 12.3. The van der Waals surface area contributed by atoms with Gasteiger partial charge in [0.15, 0.2) is 5.16 Å². The van der Waals surface area contributed by atoms with Gasteiger partial charge in [-0.15, -0.1) is 0 Å². The molecule has 0 bridgehead atoms. The molecule has 0 aliphatic carbocycles. The molecule has 3 aromatic carbocycles. The van der Waals surface area contributed by atoms with Crippen LogP contribution in [0.1, 0.15) is 16.7 Å². The van der Waals surface area contributed by atoms with E-state index in [1.807, 2.05) is 61.5 Å². The van der Waals surface area contributed by atoms with Crippen LogP contribution in [-0.2, 0) is 4.79 Å². The minimum absolute atomic E-state index is 0.0563. The summed E-state index contributed by atoms with van der Waals surface area (Å²) in [4.78, 5) is 20.0. The molecule has 0 aliphatic rings. The summed E-state index contributed by atoms with van der Waals surface area (Å²) >= 11 is 1.40. The number of nitrogens with one attached hydrogen (secondary N) is 2. The zero-order valence-corrected chi connectivity index (χ0v) is 16.9. The zero-order chi connectivity index (χ0) is 20.1. The zero-order valence-electron chi connectivity index (χ0n) is 16.1. The van der Waals surface area contributed by atoms with Gasteiger partial charge < -0.3 is 10.3 Å². The highest BCUT2D eigenvalue weighted by Crippen LogP contribution is 2.21. The summed E-state index contributed by atoms with van der Waals surface area (Å²) in [5.41, 5.74) is 6.11. The second-order valence-corrected chi connectivity index (χ2v) is 7.73. The predicted molar refractivity (Wildman–Crippen MR) is 122 cm³/mol. The lowest BCUT2D eigenvalue weighted by molar-refractivity contribution is -0.113. The third-order valence-corrected chi connectivity index (χ3v) is 5.29. The Morgan fingerprint density at radius 2 is 1.72 bits per heavy atom. The van der Waals surface area contributed by atoms with Crippen LogP contribution in [0.4, 0.5) is 5.69 Å². The molecule has 0 saturated heterocycles. The number of thioether (sulfide) groups is 1. The summed E-state index contributed by atoms with van der Waals surface area (Å²) in [6.07, 6.45) is 4.12. The van der Waals surface area contributed by atoms with Gasteiger partial charge in [-0.25, -0.2) is 4.98 Å². The molecule has 1 aromatic heterocycles. The van der Waals surface area contributed by atoms with Crippen LogP contribution in [0.25, 0.3) is 23.2 Å². The van der Waals surface area contributed by atoms with Crippen molar-refractivity contribution in [2.45, 2.75) is 12.1 Å². The number of imidazole rings is 1. The van der Waals surface area contributed by atoms with Crippen LogP contribution in [0, 0.1) is 6.92 Å². The fourth-order valence-electron chi connectivity index (χ4n) is 2.93. The number of aryl methyl sites for hydroxylation is 1. The Labute approximate surface area is 174 Å². The van der Waals surface area contributed by atoms with Crippen molar-refractivity contribution in [1.29, 1.82) is 0 Å². The van der Waals surface area contributed by atoms with Gasteiger partial charge in [-0.2, -0.15) is 0 Å². The topological polar surface area (TPSA) is 57.8 Å². The standard InChI is InChI=1S/C24H21N3OS/c1-17-7-14-21-22(15-17)27-24(26-21)29-16-23(28)25-20-12-10-19(11-13-20)9-8-18-5-3-2-4-6-18/h2-15H,16H2,1H3,(H,25,28)(H,26,27)/b9-8+. The molecule has 1 amide bonds. The van der Waals surface area contributed by atoms with E-state index in [0.717, 1.165) is 33.0 Å². The summed E-state index contributed by atoms with van der Waals surface area (Å²) < 4.78 is 0. The minimum Gasteiger partial charge on any atom is -0.333 e.